The molecule has 0 spiro atoms. The van der Waals surface area contributed by atoms with Gasteiger partial charge >= 0.3 is 0 Å². The van der Waals surface area contributed by atoms with Crippen LogP contribution in [0.15, 0.2) is 17.1 Å². The quantitative estimate of drug-likeness (QED) is 0.418. The first-order valence-corrected chi connectivity index (χ1v) is 8.15. The van der Waals surface area contributed by atoms with Crippen LogP contribution in [-0.2, 0) is 11.3 Å². The summed E-state index contributed by atoms with van der Waals surface area (Å²) in [6, 6.07) is 4.30. The highest BCUT2D eigenvalue weighted by atomic mass is 32.1. The third-order valence-corrected chi connectivity index (χ3v) is 3.85. The Balaban J connectivity index is 2.08. The lowest BCUT2D eigenvalue weighted by atomic mass is 10.4. The molecule has 0 saturated carbocycles. The molecule has 1 aromatic heterocycles. The second-order valence-electron chi connectivity index (χ2n) is 4.68. The lowest BCUT2D eigenvalue weighted by molar-refractivity contribution is 0.129. The number of hydrogen-bond donors (Lipinski definition) is 2. The molecule has 0 saturated heterocycles. The van der Waals surface area contributed by atoms with Crippen LogP contribution in [0.5, 0.6) is 0 Å². The van der Waals surface area contributed by atoms with Gasteiger partial charge in [-0.1, -0.05) is 13.3 Å². The average Bonchev–Trinajstić information content (AvgIpc) is 2.87. The molecule has 0 aliphatic carbocycles. The molecule has 20 heavy (non-hydrogen) atoms. The maximum atomic E-state index is 5.52. The zero-order valence-electron chi connectivity index (χ0n) is 12.9. The zero-order valence-corrected chi connectivity index (χ0v) is 13.7. The van der Waals surface area contributed by atoms with Crippen LogP contribution in [0.2, 0.25) is 0 Å². The predicted octanol–water partition coefficient (Wildman–Crippen LogP) is 2.93. The molecule has 0 amide bonds. The van der Waals surface area contributed by atoms with E-state index in [9.17, 15) is 0 Å². The van der Waals surface area contributed by atoms with E-state index in [-0.39, 0.29) is 0 Å². The van der Waals surface area contributed by atoms with Crippen molar-refractivity contribution in [2.45, 2.75) is 39.7 Å². The first-order valence-electron chi connectivity index (χ1n) is 7.33. The number of nitrogens with zero attached hydrogens (tertiary/aromatic N) is 1. The van der Waals surface area contributed by atoms with E-state index < -0.39 is 0 Å². The summed E-state index contributed by atoms with van der Waals surface area (Å²) in [6.45, 7) is 7.70. The smallest absolute Gasteiger partial charge is 0.191 e. The minimum absolute atomic E-state index is 0.814. The number of hydrogen-bond acceptors (Lipinski definition) is 3. The van der Waals surface area contributed by atoms with Gasteiger partial charge in [-0.15, -0.1) is 11.3 Å². The maximum absolute atomic E-state index is 5.52. The number of thiophene rings is 1. The molecule has 0 atom stereocenters. The molecule has 4 nitrogen and oxygen atoms in total. The summed E-state index contributed by atoms with van der Waals surface area (Å²) in [4.78, 5) is 6.88. The van der Waals surface area contributed by atoms with Crippen LogP contribution in [0.1, 0.15) is 35.9 Å². The van der Waals surface area contributed by atoms with E-state index in [1.807, 2.05) is 11.3 Å². The molecule has 1 heterocycles. The van der Waals surface area contributed by atoms with Crippen molar-refractivity contribution >= 4 is 17.3 Å². The first kappa shape index (κ1) is 17.0. The Bertz CT molecular complexity index is 390. The summed E-state index contributed by atoms with van der Waals surface area (Å²) < 4.78 is 5.52. The van der Waals surface area contributed by atoms with Crippen LogP contribution >= 0.6 is 11.3 Å². The van der Waals surface area contributed by atoms with Crippen LogP contribution in [0.4, 0.5) is 0 Å². The highest BCUT2D eigenvalue weighted by molar-refractivity contribution is 7.11. The van der Waals surface area contributed by atoms with Crippen molar-refractivity contribution in [2.24, 2.45) is 4.99 Å². The SMILES string of the molecule is CCCCOCCCNC(=NC)NCc1ccc(C)s1. The van der Waals surface area contributed by atoms with Crippen LogP contribution < -0.4 is 10.6 Å². The Morgan fingerprint density at radius 1 is 1.25 bits per heavy atom. The number of guanidine groups is 1. The van der Waals surface area contributed by atoms with Crippen LogP contribution in [0, 0.1) is 6.92 Å². The molecule has 1 rings (SSSR count). The number of ether oxygens (including phenoxy) is 1. The highest BCUT2D eigenvalue weighted by Gasteiger charge is 1.99. The molecule has 114 valence electrons. The average molecular weight is 297 g/mol. The summed E-state index contributed by atoms with van der Waals surface area (Å²) in [6.07, 6.45) is 3.34. The Kier molecular flexibility index (Phi) is 9.07. The van der Waals surface area contributed by atoms with E-state index >= 15 is 0 Å². The van der Waals surface area contributed by atoms with Crippen LogP contribution in [0.25, 0.3) is 0 Å². The van der Waals surface area contributed by atoms with Gasteiger partial charge in [-0.3, -0.25) is 4.99 Å². The fourth-order valence-corrected chi connectivity index (χ4v) is 2.53. The standard InChI is InChI=1S/C15H27N3OS/c1-4-5-10-19-11-6-9-17-15(16-3)18-12-14-8-7-13(2)20-14/h7-8H,4-6,9-12H2,1-3H3,(H2,16,17,18). The first-order chi connectivity index (χ1) is 9.76. The number of aryl methyl sites for hydroxylation is 1. The summed E-state index contributed by atoms with van der Waals surface area (Å²) in [5.41, 5.74) is 0. The van der Waals surface area contributed by atoms with Crippen LogP contribution in [-0.4, -0.2) is 32.8 Å². The summed E-state index contributed by atoms with van der Waals surface area (Å²) in [5, 5.41) is 6.62. The molecule has 0 aromatic carbocycles. The van der Waals surface area contributed by atoms with Crippen molar-refractivity contribution in [3.05, 3.63) is 21.9 Å². The van der Waals surface area contributed by atoms with Gasteiger partial charge in [0.15, 0.2) is 5.96 Å². The van der Waals surface area contributed by atoms with Crippen molar-refractivity contribution < 1.29 is 4.74 Å². The van der Waals surface area contributed by atoms with Gasteiger partial charge in [0, 0.05) is 36.6 Å². The van der Waals surface area contributed by atoms with Gasteiger partial charge in [0.05, 0.1) is 6.54 Å². The zero-order chi connectivity index (χ0) is 14.6. The predicted molar refractivity (Wildman–Crippen MR) is 87.6 cm³/mol. The van der Waals surface area contributed by atoms with E-state index in [0.717, 1.165) is 45.1 Å². The molecule has 0 radical (unpaired) electrons. The number of nitrogens with one attached hydrogen (secondary N) is 2. The fourth-order valence-electron chi connectivity index (χ4n) is 1.70. The molecular weight excluding hydrogens is 270 g/mol. The third-order valence-electron chi connectivity index (χ3n) is 2.85. The largest absolute Gasteiger partial charge is 0.381 e. The molecule has 0 aliphatic rings. The van der Waals surface area contributed by atoms with Crippen molar-refractivity contribution in [3.63, 3.8) is 0 Å². The number of unbranched alkanes of at least 4 members (excludes halogenated alkanes) is 1. The van der Waals surface area contributed by atoms with Crippen molar-refractivity contribution in [1.29, 1.82) is 0 Å². The van der Waals surface area contributed by atoms with Crippen LogP contribution in [0.3, 0.4) is 0 Å². The molecule has 0 aliphatic heterocycles. The molecule has 0 fully saturated rings. The second-order valence-corrected chi connectivity index (χ2v) is 6.06. The molecule has 1 aromatic rings. The lowest BCUT2D eigenvalue weighted by Crippen LogP contribution is -2.37. The Labute approximate surface area is 126 Å². The molecule has 0 bridgehead atoms. The van der Waals surface area contributed by atoms with E-state index in [1.165, 1.54) is 16.2 Å². The van der Waals surface area contributed by atoms with Gasteiger partial charge in [-0.25, -0.2) is 0 Å². The Hall–Kier alpha value is -1.07. The minimum Gasteiger partial charge on any atom is -0.381 e. The van der Waals surface area contributed by atoms with E-state index in [1.54, 1.807) is 7.05 Å². The van der Waals surface area contributed by atoms with Crippen molar-refractivity contribution in [2.75, 3.05) is 26.8 Å². The molecule has 0 unspecified atom stereocenters. The van der Waals surface area contributed by atoms with Gasteiger partial charge < -0.3 is 15.4 Å². The Morgan fingerprint density at radius 3 is 2.70 bits per heavy atom. The summed E-state index contributed by atoms with van der Waals surface area (Å²) in [5.74, 6) is 0.851. The minimum atomic E-state index is 0.814. The Morgan fingerprint density at radius 2 is 2.05 bits per heavy atom. The molecular formula is C15H27N3OS. The third kappa shape index (κ3) is 7.50. The van der Waals surface area contributed by atoms with Crippen molar-refractivity contribution in [1.82, 2.24) is 10.6 Å². The maximum Gasteiger partial charge on any atom is 0.191 e. The van der Waals surface area contributed by atoms with E-state index in [2.05, 4.69) is 41.6 Å². The second kappa shape index (κ2) is 10.7. The molecule has 5 heteroatoms. The van der Waals surface area contributed by atoms with E-state index in [0.29, 0.717) is 0 Å². The number of rotatable bonds is 9. The highest BCUT2D eigenvalue weighted by Crippen LogP contribution is 2.14. The van der Waals surface area contributed by atoms with Gasteiger partial charge in [-0.2, -0.15) is 0 Å². The summed E-state index contributed by atoms with van der Waals surface area (Å²) >= 11 is 1.81. The van der Waals surface area contributed by atoms with Gasteiger partial charge in [0.2, 0.25) is 0 Å². The van der Waals surface area contributed by atoms with Gasteiger partial charge in [0.25, 0.3) is 0 Å². The summed E-state index contributed by atoms with van der Waals surface area (Å²) in [7, 11) is 1.80. The fraction of sp³-hybridized carbons (Fsp3) is 0.667. The number of aliphatic imine (C=N–C) groups is 1. The van der Waals surface area contributed by atoms with Gasteiger partial charge in [0.1, 0.15) is 0 Å². The topological polar surface area (TPSA) is 45.6 Å². The van der Waals surface area contributed by atoms with Crippen molar-refractivity contribution in [3.8, 4) is 0 Å². The normalized spacial score (nSPS) is 11.7. The monoisotopic (exact) mass is 297 g/mol. The van der Waals surface area contributed by atoms with E-state index in [4.69, 9.17) is 4.74 Å². The molecule has 2 N–H and O–H groups in total. The lowest BCUT2D eigenvalue weighted by Gasteiger charge is -2.11. The van der Waals surface area contributed by atoms with Gasteiger partial charge in [-0.05, 0) is 31.9 Å².